The van der Waals surface area contributed by atoms with Crippen molar-refractivity contribution in [3.63, 3.8) is 0 Å². The topological polar surface area (TPSA) is 83.5 Å². The normalized spacial score (nSPS) is 16.8. The van der Waals surface area contributed by atoms with Crippen LogP contribution in [-0.2, 0) is 22.7 Å². The van der Waals surface area contributed by atoms with Gasteiger partial charge in [-0.1, -0.05) is 29.3 Å². The van der Waals surface area contributed by atoms with E-state index in [1.165, 1.54) is 18.2 Å². The van der Waals surface area contributed by atoms with Crippen molar-refractivity contribution >= 4 is 38.9 Å². The molecule has 0 aromatic heterocycles. The molecule has 1 atom stereocenters. The van der Waals surface area contributed by atoms with Crippen LogP contribution in [0.4, 0.5) is 0 Å². The monoisotopic (exact) mass is 413 g/mol. The summed E-state index contributed by atoms with van der Waals surface area (Å²) < 4.78 is 25.5. The Labute approximate surface area is 161 Å². The predicted octanol–water partition coefficient (Wildman–Crippen LogP) is 3.69. The molecule has 2 aromatic carbocycles. The zero-order valence-electron chi connectivity index (χ0n) is 13.7. The fourth-order valence-electron chi connectivity index (χ4n) is 3.31. The molecule has 3 rings (SSSR count). The standard InChI is InChI=1S/C18H17Cl2NO4S/c19-15-5-6-17(16(20)9-15)26(24,25)10-11-1-2-12-3-4-13(18(22)21-23)8-14(12)7-11/h3-6,8-9,11,23H,1-2,7,10H2,(H,21,22). The summed E-state index contributed by atoms with van der Waals surface area (Å²) in [5, 5.41) is 9.27. The lowest BCUT2D eigenvalue weighted by Crippen LogP contribution is -2.24. The van der Waals surface area contributed by atoms with Crippen LogP contribution in [0.3, 0.4) is 0 Å². The highest BCUT2D eigenvalue weighted by molar-refractivity contribution is 7.91. The maximum atomic E-state index is 12.7. The fourth-order valence-corrected chi connectivity index (χ4v) is 5.79. The van der Waals surface area contributed by atoms with Gasteiger partial charge in [-0.05, 0) is 66.6 Å². The van der Waals surface area contributed by atoms with E-state index in [0.717, 1.165) is 24.0 Å². The molecule has 1 aliphatic carbocycles. The summed E-state index contributed by atoms with van der Waals surface area (Å²) in [5.41, 5.74) is 3.98. The van der Waals surface area contributed by atoms with E-state index in [9.17, 15) is 13.2 Å². The molecule has 8 heteroatoms. The third kappa shape index (κ3) is 4.04. The van der Waals surface area contributed by atoms with Gasteiger partial charge in [0, 0.05) is 10.6 Å². The molecule has 2 aromatic rings. The third-order valence-electron chi connectivity index (χ3n) is 4.58. The number of carbonyl (C=O) groups excluding carboxylic acids is 1. The minimum atomic E-state index is -3.55. The lowest BCUT2D eigenvalue weighted by Gasteiger charge is -2.25. The number of carbonyl (C=O) groups is 1. The van der Waals surface area contributed by atoms with Crippen molar-refractivity contribution in [2.24, 2.45) is 5.92 Å². The van der Waals surface area contributed by atoms with Gasteiger partial charge in [-0.2, -0.15) is 0 Å². The third-order valence-corrected chi connectivity index (χ3v) is 7.18. The Kier molecular flexibility index (Phi) is 5.58. The largest absolute Gasteiger partial charge is 0.288 e. The summed E-state index contributed by atoms with van der Waals surface area (Å²) in [6.07, 6.45) is 2.03. The van der Waals surface area contributed by atoms with Crippen molar-refractivity contribution in [1.29, 1.82) is 0 Å². The lowest BCUT2D eigenvalue weighted by atomic mass is 9.84. The Morgan fingerprint density at radius 1 is 1.15 bits per heavy atom. The van der Waals surface area contributed by atoms with Gasteiger partial charge in [0.15, 0.2) is 9.84 Å². The Bertz CT molecular complexity index is 960. The van der Waals surface area contributed by atoms with Crippen LogP contribution in [-0.4, -0.2) is 25.3 Å². The van der Waals surface area contributed by atoms with Crippen molar-refractivity contribution < 1.29 is 18.4 Å². The highest BCUT2D eigenvalue weighted by Crippen LogP contribution is 2.31. The number of benzene rings is 2. The zero-order chi connectivity index (χ0) is 18.9. The van der Waals surface area contributed by atoms with Crippen molar-refractivity contribution in [1.82, 2.24) is 5.48 Å². The molecule has 1 amide bonds. The molecule has 138 valence electrons. The van der Waals surface area contributed by atoms with Crippen LogP contribution in [0.25, 0.3) is 0 Å². The molecular formula is C18H17Cl2NO4S. The molecule has 0 heterocycles. The first kappa shape index (κ1) is 19.2. The number of aryl methyl sites for hydroxylation is 1. The number of rotatable bonds is 4. The second kappa shape index (κ2) is 7.56. The van der Waals surface area contributed by atoms with E-state index in [2.05, 4.69) is 0 Å². The summed E-state index contributed by atoms with van der Waals surface area (Å²) in [6, 6.07) is 9.56. The summed E-state index contributed by atoms with van der Waals surface area (Å²) in [6.45, 7) is 0. The van der Waals surface area contributed by atoms with E-state index >= 15 is 0 Å². The maximum Gasteiger partial charge on any atom is 0.274 e. The lowest BCUT2D eigenvalue weighted by molar-refractivity contribution is 0.0706. The maximum absolute atomic E-state index is 12.7. The first-order valence-electron chi connectivity index (χ1n) is 8.04. The summed E-state index contributed by atoms with van der Waals surface area (Å²) in [4.78, 5) is 11.7. The Morgan fingerprint density at radius 3 is 2.62 bits per heavy atom. The summed E-state index contributed by atoms with van der Waals surface area (Å²) >= 11 is 11.9. The molecule has 1 aliphatic rings. The van der Waals surface area contributed by atoms with Gasteiger partial charge in [-0.15, -0.1) is 0 Å². The Hall–Kier alpha value is -1.60. The number of hydrogen-bond donors (Lipinski definition) is 2. The molecule has 26 heavy (non-hydrogen) atoms. The Balaban J connectivity index is 1.81. The highest BCUT2D eigenvalue weighted by atomic mass is 35.5. The molecule has 0 spiro atoms. The molecule has 0 saturated carbocycles. The second-order valence-electron chi connectivity index (χ2n) is 6.39. The van der Waals surface area contributed by atoms with E-state index in [1.807, 2.05) is 6.07 Å². The summed E-state index contributed by atoms with van der Waals surface area (Å²) in [7, 11) is -3.55. The first-order chi connectivity index (χ1) is 12.3. The van der Waals surface area contributed by atoms with Gasteiger partial charge in [0.25, 0.3) is 5.91 Å². The van der Waals surface area contributed by atoms with E-state index in [4.69, 9.17) is 28.4 Å². The Morgan fingerprint density at radius 2 is 1.92 bits per heavy atom. The molecule has 0 saturated heterocycles. The molecule has 0 fully saturated rings. The van der Waals surface area contributed by atoms with Crippen molar-refractivity contribution in [3.8, 4) is 0 Å². The minimum absolute atomic E-state index is 0.0236. The van der Waals surface area contributed by atoms with Crippen molar-refractivity contribution in [2.45, 2.75) is 24.2 Å². The van der Waals surface area contributed by atoms with E-state index in [-0.39, 0.29) is 21.6 Å². The van der Waals surface area contributed by atoms with Crippen LogP contribution >= 0.6 is 23.2 Å². The first-order valence-corrected chi connectivity index (χ1v) is 10.4. The van der Waals surface area contributed by atoms with Gasteiger partial charge in [0.1, 0.15) is 0 Å². The number of fused-ring (bicyclic) bond motifs is 1. The van der Waals surface area contributed by atoms with Crippen molar-refractivity contribution in [2.75, 3.05) is 5.75 Å². The van der Waals surface area contributed by atoms with E-state index in [0.29, 0.717) is 17.0 Å². The average molecular weight is 414 g/mol. The molecular weight excluding hydrogens is 397 g/mol. The van der Waals surface area contributed by atoms with Crippen LogP contribution in [0.1, 0.15) is 27.9 Å². The van der Waals surface area contributed by atoms with Gasteiger partial charge in [-0.3, -0.25) is 10.0 Å². The molecule has 0 aliphatic heterocycles. The summed E-state index contributed by atoms with van der Waals surface area (Å²) in [5.74, 6) is -0.688. The number of halogens is 2. The van der Waals surface area contributed by atoms with Crippen LogP contribution in [0.5, 0.6) is 0 Å². The van der Waals surface area contributed by atoms with Crippen molar-refractivity contribution in [3.05, 3.63) is 63.1 Å². The highest BCUT2D eigenvalue weighted by Gasteiger charge is 2.27. The molecule has 2 N–H and O–H groups in total. The van der Waals surface area contributed by atoms with Gasteiger partial charge in [-0.25, -0.2) is 13.9 Å². The SMILES string of the molecule is O=C(NO)c1ccc2c(c1)CC(CS(=O)(=O)c1ccc(Cl)cc1Cl)CC2. The van der Waals surface area contributed by atoms with Crippen LogP contribution < -0.4 is 5.48 Å². The zero-order valence-corrected chi connectivity index (χ0v) is 16.0. The number of sulfone groups is 1. The molecule has 0 bridgehead atoms. The molecule has 5 nitrogen and oxygen atoms in total. The van der Waals surface area contributed by atoms with Gasteiger partial charge in [0.2, 0.25) is 0 Å². The number of amides is 1. The molecule has 1 unspecified atom stereocenters. The number of hydroxylamine groups is 1. The van der Waals surface area contributed by atoms with Gasteiger partial charge in [0.05, 0.1) is 15.7 Å². The van der Waals surface area contributed by atoms with E-state index in [1.54, 1.807) is 17.6 Å². The van der Waals surface area contributed by atoms with E-state index < -0.39 is 15.7 Å². The molecule has 0 radical (unpaired) electrons. The van der Waals surface area contributed by atoms with Gasteiger partial charge >= 0.3 is 0 Å². The van der Waals surface area contributed by atoms with Crippen LogP contribution in [0.2, 0.25) is 10.0 Å². The van der Waals surface area contributed by atoms with Crippen LogP contribution in [0.15, 0.2) is 41.3 Å². The fraction of sp³-hybridized carbons (Fsp3) is 0.278. The predicted molar refractivity (Wildman–Crippen MR) is 99.7 cm³/mol. The second-order valence-corrected chi connectivity index (χ2v) is 9.24. The minimum Gasteiger partial charge on any atom is -0.288 e. The smallest absolute Gasteiger partial charge is 0.274 e. The quantitative estimate of drug-likeness (QED) is 0.591. The number of hydrogen-bond acceptors (Lipinski definition) is 4. The average Bonchev–Trinajstić information content (AvgIpc) is 2.59. The van der Waals surface area contributed by atoms with Gasteiger partial charge < -0.3 is 0 Å². The van der Waals surface area contributed by atoms with Crippen LogP contribution in [0, 0.1) is 5.92 Å². The number of nitrogens with one attached hydrogen (secondary N) is 1.